The molecule has 0 aliphatic rings. The summed E-state index contributed by atoms with van der Waals surface area (Å²) < 4.78 is 0. The van der Waals surface area contributed by atoms with Gasteiger partial charge in [0.1, 0.15) is 0 Å². The summed E-state index contributed by atoms with van der Waals surface area (Å²) in [4.78, 5) is 4.32. The van der Waals surface area contributed by atoms with E-state index >= 15 is 0 Å². The first-order valence-corrected chi connectivity index (χ1v) is 1.31. The van der Waals surface area contributed by atoms with E-state index in [0.29, 0.717) is 0 Å². The van der Waals surface area contributed by atoms with E-state index in [1.807, 2.05) is 0 Å². The molecule has 0 rings (SSSR count). The lowest BCUT2D eigenvalue weighted by molar-refractivity contribution is 0.128. The zero-order chi connectivity index (χ0) is 4.12. The van der Waals surface area contributed by atoms with E-state index in [1.54, 1.807) is 0 Å². The molecule has 0 aliphatic heterocycles. The van der Waals surface area contributed by atoms with Gasteiger partial charge in [0.15, 0.2) is 0 Å². The molecule has 0 aromatic rings. The highest BCUT2D eigenvalue weighted by molar-refractivity contribution is 4.52. The highest BCUT2D eigenvalue weighted by Gasteiger charge is 1.50. The normalized spacial score (nSPS) is 6.60. The molecule has 2 heteroatoms. The number of hydrogen-bond donors (Lipinski definition) is 1. The molecular weight excluding hydrogens is 66.0 g/mol. The van der Waals surface area contributed by atoms with Crippen molar-refractivity contribution in [2.24, 2.45) is 0 Å². The Hall–Kier alpha value is -0.500. The van der Waals surface area contributed by atoms with Crippen LogP contribution >= 0.6 is 0 Å². The van der Waals surface area contributed by atoms with Gasteiger partial charge < -0.3 is 0 Å². The Morgan fingerprint density at radius 2 is 2.60 bits per heavy atom. The Labute approximate surface area is 31.4 Å². The smallest absolute Gasteiger partial charge is 0.0636 e. The third-order valence-electron chi connectivity index (χ3n) is 0.201. The van der Waals surface area contributed by atoms with Gasteiger partial charge in [-0.2, -0.15) is 0 Å². The fourth-order valence-electron chi connectivity index (χ4n) is 0.0833. The minimum Gasteiger partial charge on any atom is -0.280 e. The van der Waals surface area contributed by atoms with Crippen LogP contribution < -0.4 is 5.48 Å². The predicted molar refractivity (Wildman–Crippen MR) is 20.3 cm³/mol. The maximum atomic E-state index is 4.32. The molecule has 0 fully saturated rings. The van der Waals surface area contributed by atoms with E-state index in [1.165, 1.54) is 13.3 Å². The van der Waals surface area contributed by atoms with Gasteiger partial charge in [-0.05, 0) is 0 Å². The molecule has 1 N–H and O–H groups in total. The molecule has 0 atom stereocenters. The summed E-state index contributed by atoms with van der Waals surface area (Å²) in [6.45, 7) is 3.31. The molecule has 0 saturated heterocycles. The Bertz CT molecular complexity index is 28.1. The molecule has 0 heterocycles. The van der Waals surface area contributed by atoms with Gasteiger partial charge in [-0.3, -0.25) is 10.3 Å². The van der Waals surface area contributed by atoms with Crippen LogP contribution in [0.5, 0.6) is 0 Å². The lowest BCUT2D eigenvalue weighted by Gasteiger charge is -1.85. The lowest BCUT2D eigenvalue weighted by Crippen LogP contribution is -1.98. The number of rotatable bonds is 2. The van der Waals surface area contributed by atoms with E-state index in [0.717, 1.165) is 0 Å². The Balaban J connectivity index is 2.40. The highest BCUT2D eigenvalue weighted by Crippen LogP contribution is 1.46. The Kier molecular flexibility index (Phi) is 3.15. The topological polar surface area (TPSA) is 21.3 Å². The van der Waals surface area contributed by atoms with Crippen molar-refractivity contribution in [3.8, 4) is 0 Å². The molecule has 0 aromatic carbocycles. The van der Waals surface area contributed by atoms with Gasteiger partial charge in [-0.1, -0.05) is 6.58 Å². The quantitative estimate of drug-likeness (QED) is 0.474. The van der Waals surface area contributed by atoms with Crippen LogP contribution in [0.1, 0.15) is 0 Å². The Morgan fingerprint density at radius 3 is 2.60 bits per heavy atom. The van der Waals surface area contributed by atoms with E-state index in [2.05, 4.69) is 16.9 Å². The standard InChI is InChI=1S/C3H7NO/c1-3-4-5-2/h3-4H,1H2,2H3. The second-order valence-corrected chi connectivity index (χ2v) is 0.526. The molecule has 5 heavy (non-hydrogen) atoms. The van der Waals surface area contributed by atoms with Crippen molar-refractivity contribution in [1.29, 1.82) is 0 Å². The van der Waals surface area contributed by atoms with Gasteiger partial charge in [0.25, 0.3) is 0 Å². The molecule has 2 nitrogen and oxygen atoms in total. The van der Waals surface area contributed by atoms with Crippen molar-refractivity contribution in [3.63, 3.8) is 0 Å². The monoisotopic (exact) mass is 73.1 g/mol. The van der Waals surface area contributed by atoms with Crippen LogP contribution in [0, 0.1) is 0 Å². The molecule has 0 spiro atoms. The summed E-state index contributed by atoms with van der Waals surface area (Å²) in [5, 5.41) is 0. The van der Waals surface area contributed by atoms with E-state index < -0.39 is 0 Å². The third kappa shape index (κ3) is 3.50. The fraction of sp³-hybridized carbons (Fsp3) is 0.333. The third-order valence-corrected chi connectivity index (χ3v) is 0.201. The molecule has 0 amide bonds. The van der Waals surface area contributed by atoms with Crippen LogP contribution in [0.3, 0.4) is 0 Å². The molecule has 0 unspecified atom stereocenters. The highest BCUT2D eigenvalue weighted by atomic mass is 16.6. The average Bonchev–Trinajstić information content (AvgIpc) is 1.41. The zero-order valence-electron chi connectivity index (χ0n) is 3.19. The van der Waals surface area contributed by atoms with Gasteiger partial charge in [0, 0.05) is 6.20 Å². The maximum Gasteiger partial charge on any atom is 0.0636 e. The predicted octanol–water partition coefficient (Wildman–Crippen LogP) is 0.281. The van der Waals surface area contributed by atoms with Gasteiger partial charge in [0.05, 0.1) is 7.11 Å². The van der Waals surface area contributed by atoms with Crippen LogP contribution in [0.15, 0.2) is 12.8 Å². The SMILES string of the molecule is C=CNOC. The van der Waals surface area contributed by atoms with Crippen LogP contribution in [0.4, 0.5) is 0 Å². The first-order chi connectivity index (χ1) is 2.41. The molecule has 0 bridgehead atoms. The van der Waals surface area contributed by atoms with Crippen molar-refractivity contribution < 1.29 is 4.84 Å². The molecule has 0 aliphatic carbocycles. The fourth-order valence-corrected chi connectivity index (χ4v) is 0.0833. The second kappa shape index (κ2) is 3.50. The van der Waals surface area contributed by atoms with Crippen molar-refractivity contribution in [1.82, 2.24) is 5.48 Å². The van der Waals surface area contributed by atoms with Gasteiger partial charge in [-0.25, -0.2) is 0 Å². The molecular formula is C3H7NO. The maximum absolute atomic E-state index is 4.32. The summed E-state index contributed by atoms with van der Waals surface area (Å²) in [5.74, 6) is 0. The van der Waals surface area contributed by atoms with Crippen molar-refractivity contribution in [3.05, 3.63) is 12.8 Å². The Morgan fingerprint density at radius 1 is 2.00 bits per heavy atom. The van der Waals surface area contributed by atoms with Gasteiger partial charge >= 0.3 is 0 Å². The minimum atomic E-state index is 1.46. The van der Waals surface area contributed by atoms with Crippen molar-refractivity contribution in [2.45, 2.75) is 0 Å². The van der Waals surface area contributed by atoms with E-state index in [9.17, 15) is 0 Å². The van der Waals surface area contributed by atoms with Crippen molar-refractivity contribution >= 4 is 0 Å². The average molecular weight is 73.1 g/mol. The van der Waals surface area contributed by atoms with Crippen molar-refractivity contribution in [2.75, 3.05) is 7.11 Å². The lowest BCUT2D eigenvalue weighted by atomic mass is 11.1. The summed E-state index contributed by atoms with van der Waals surface area (Å²) in [7, 11) is 1.53. The number of nitrogens with one attached hydrogen (secondary N) is 1. The van der Waals surface area contributed by atoms with Gasteiger partial charge in [-0.15, -0.1) is 0 Å². The summed E-state index contributed by atoms with van der Waals surface area (Å²) >= 11 is 0. The summed E-state index contributed by atoms with van der Waals surface area (Å²) in [6, 6.07) is 0. The summed E-state index contributed by atoms with van der Waals surface area (Å²) in [5.41, 5.74) is 2.38. The first kappa shape index (κ1) is 4.50. The summed E-state index contributed by atoms with van der Waals surface area (Å²) in [6.07, 6.45) is 1.46. The van der Waals surface area contributed by atoms with Crippen LogP contribution in [0.25, 0.3) is 0 Å². The number of hydroxylamine groups is 1. The minimum absolute atomic E-state index is 1.46. The second-order valence-electron chi connectivity index (χ2n) is 0.526. The largest absolute Gasteiger partial charge is 0.280 e. The number of hydrogen-bond acceptors (Lipinski definition) is 2. The van der Waals surface area contributed by atoms with E-state index in [-0.39, 0.29) is 0 Å². The molecule has 0 radical (unpaired) electrons. The molecule has 30 valence electrons. The zero-order valence-corrected chi connectivity index (χ0v) is 3.19. The van der Waals surface area contributed by atoms with Gasteiger partial charge in [0.2, 0.25) is 0 Å². The first-order valence-electron chi connectivity index (χ1n) is 1.31. The van der Waals surface area contributed by atoms with Crippen LogP contribution in [-0.2, 0) is 4.84 Å². The molecule has 0 saturated carbocycles. The molecule has 0 aromatic heterocycles. The van der Waals surface area contributed by atoms with E-state index in [4.69, 9.17) is 0 Å². The van der Waals surface area contributed by atoms with Crippen LogP contribution in [-0.4, -0.2) is 7.11 Å². The van der Waals surface area contributed by atoms with Crippen LogP contribution in [0.2, 0.25) is 0 Å².